The molecule has 0 fully saturated rings. The molecule has 0 saturated heterocycles. The number of alkyl halides is 3. The highest BCUT2D eigenvalue weighted by Gasteiger charge is 2.35. The highest BCUT2D eigenvalue weighted by molar-refractivity contribution is 6.04. The molecule has 3 rings (SSSR count). The van der Waals surface area contributed by atoms with Gasteiger partial charge in [0, 0.05) is 31.0 Å². The third kappa shape index (κ3) is 4.89. The first kappa shape index (κ1) is 21.1. The fourth-order valence-corrected chi connectivity index (χ4v) is 3.48. The number of halogens is 3. The Hall–Kier alpha value is -2.58. The van der Waals surface area contributed by atoms with Crippen molar-refractivity contribution < 1.29 is 27.4 Å². The van der Waals surface area contributed by atoms with Crippen LogP contribution in [0.2, 0.25) is 0 Å². The van der Waals surface area contributed by atoms with Gasteiger partial charge < -0.3 is 20.1 Å². The Bertz CT molecular complexity index is 884. The minimum atomic E-state index is -4.62. The van der Waals surface area contributed by atoms with Crippen LogP contribution in [0.1, 0.15) is 39.5 Å². The van der Waals surface area contributed by atoms with E-state index in [4.69, 9.17) is 9.47 Å². The van der Waals surface area contributed by atoms with Gasteiger partial charge in [0.1, 0.15) is 5.75 Å². The third-order valence-electron chi connectivity index (χ3n) is 4.94. The van der Waals surface area contributed by atoms with E-state index in [9.17, 15) is 18.0 Å². The van der Waals surface area contributed by atoms with Crippen LogP contribution in [0.4, 0.5) is 18.9 Å². The average molecular weight is 408 g/mol. The van der Waals surface area contributed by atoms with Crippen LogP contribution in [0, 0.1) is 0 Å². The van der Waals surface area contributed by atoms with E-state index in [-0.39, 0.29) is 17.4 Å². The molecule has 1 aliphatic rings. The van der Waals surface area contributed by atoms with Crippen molar-refractivity contribution in [2.45, 2.75) is 25.1 Å². The van der Waals surface area contributed by atoms with Gasteiger partial charge in [-0.15, -0.1) is 0 Å². The Morgan fingerprint density at radius 3 is 2.69 bits per heavy atom. The molecule has 8 heteroatoms. The number of methoxy groups -OCH3 is 2. The SMILES string of the molecule is COCCC1NCCc2ccc(NC(=O)c3ccc(OC)c(C(F)(F)F)c3)cc21. The number of carbonyl (C=O) groups is 1. The molecule has 29 heavy (non-hydrogen) atoms. The number of amides is 1. The molecule has 2 aromatic rings. The topological polar surface area (TPSA) is 59.6 Å². The van der Waals surface area contributed by atoms with Crippen molar-refractivity contribution in [1.82, 2.24) is 5.32 Å². The molecule has 2 N–H and O–H groups in total. The first-order chi connectivity index (χ1) is 13.8. The highest BCUT2D eigenvalue weighted by Crippen LogP contribution is 2.37. The van der Waals surface area contributed by atoms with Crippen molar-refractivity contribution in [3.8, 4) is 5.75 Å². The summed E-state index contributed by atoms with van der Waals surface area (Å²) in [5, 5.41) is 6.12. The quantitative estimate of drug-likeness (QED) is 0.753. The van der Waals surface area contributed by atoms with E-state index in [2.05, 4.69) is 10.6 Å². The molecule has 0 saturated carbocycles. The summed E-state index contributed by atoms with van der Waals surface area (Å²) in [4.78, 5) is 12.6. The van der Waals surface area contributed by atoms with Crippen LogP contribution >= 0.6 is 0 Å². The number of hydrogen-bond donors (Lipinski definition) is 2. The predicted molar refractivity (Wildman–Crippen MR) is 103 cm³/mol. The Balaban J connectivity index is 1.83. The summed E-state index contributed by atoms with van der Waals surface area (Å²) in [6.45, 7) is 1.46. The number of fused-ring (bicyclic) bond motifs is 1. The van der Waals surface area contributed by atoms with Crippen LogP contribution in [0.15, 0.2) is 36.4 Å². The Morgan fingerprint density at radius 1 is 1.21 bits per heavy atom. The number of benzene rings is 2. The van der Waals surface area contributed by atoms with Crippen LogP contribution in [0.3, 0.4) is 0 Å². The monoisotopic (exact) mass is 408 g/mol. The lowest BCUT2D eigenvalue weighted by molar-refractivity contribution is -0.138. The first-order valence-electron chi connectivity index (χ1n) is 9.25. The van der Waals surface area contributed by atoms with E-state index < -0.39 is 17.6 Å². The zero-order chi connectivity index (χ0) is 21.0. The van der Waals surface area contributed by atoms with Crippen LogP contribution in [-0.4, -0.2) is 33.3 Å². The Morgan fingerprint density at radius 2 is 2.00 bits per heavy atom. The number of nitrogens with one attached hydrogen (secondary N) is 2. The van der Waals surface area contributed by atoms with Gasteiger partial charge in [-0.3, -0.25) is 4.79 Å². The van der Waals surface area contributed by atoms with Crippen molar-refractivity contribution in [2.24, 2.45) is 0 Å². The molecule has 1 unspecified atom stereocenters. The second kappa shape index (κ2) is 8.84. The number of ether oxygens (including phenoxy) is 2. The third-order valence-corrected chi connectivity index (χ3v) is 4.94. The fraction of sp³-hybridized carbons (Fsp3) is 0.381. The lowest BCUT2D eigenvalue weighted by atomic mass is 9.92. The zero-order valence-electron chi connectivity index (χ0n) is 16.2. The molecular formula is C21H23F3N2O3. The average Bonchev–Trinajstić information content (AvgIpc) is 2.71. The largest absolute Gasteiger partial charge is 0.496 e. The Kier molecular flexibility index (Phi) is 6.44. The molecule has 1 aliphatic heterocycles. The molecule has 0 aliphatic carbocycles. The van der Waals surface area contributed by atoms with Crippen LogP contribution in [0.5, 0.6) is 5.75 Å². The fourth-order valence-electron chi connectivity index (χ4n) is 3.48. The van der Waals surface area contributed by atoms with E-state index in [0.29, 0.717) is 12.3 Å². The molecule has 156 valence electrons. The van der Waals surface area contributed by atoms with Crippen LogP contribution in [0.25, 0.3) is 0 Å². The molecule has 5 nitrogen and oxygen atoms in total. The summed E-state index contributed by atoms with van der Waals surface area (Å²) >= 11 is 0. The van der Waals surface area contributed by atoms with Crippen LogP contribution in [-0.2, 0) is 17.3 Å². The van der Waals surface area contributed by atoms with Gasteiger partial charge in [-0.05, 0) is 60.8 Å². The van der Waals surface area contributed by atoms with E-state index in [1.165, 1.54) is 11.6 Å². The predicted octanol–water partition coefficient (Wildman–Crippen LogP) is 4.19. The second-order valence-electron chi connectivity index (χ2n) is 6.82. The molecule has 0 radical (unpaired) electrons. The van der Waals surface area contributed by atoms with E-state index in [1.807, 2.05) is 12.1 Å². The van der Waals surface area contributed by atoms with Gasteiger partial charge in [0.2, 0.25) is 0 Å². The summed E-state index contributed by atoms with van der Waals surface area (Å²) in [5.41, 5.74) is 1.71. The maximum Gasteiger partial charge on any atom is 0.419 e. The summed E-state index contributed by atoms with van der Waals surface area (Å²) in [7, 11) is 2.80. The van der Waals surface area contributed by atoms with Crippen molar-refractivity contribution in [3.63, 3.8) is 0 Å². The smallest absolute Gasteiger partial charge is 0.419 e. The van der Waals surface area contributed by atoms with Gasteiger partial charge in [-0.1, -0.05) is 6.07 Å². The van der Waals surface area contributed by atoms with E-state index in [0.717, 1.165) is 44.2 Å². The van der Waals surface area contributed by atoms with Crippen molar-refractivity contribution in [1.29, 1.82) is 0 Å². The number of rotatable bonds is 6. The molecule has 2 aromatic carbocycles. The standard InChI is InChI=1S/C21H23F3N2O3/c1-28-10-8-18-16-12-15(5-3-13(16)7-9-25-18)26-20(27)14-4-6-19(29-2)17(11-14)21(22,23)24/h3-6,11-12,18,25H,7-10H2,1-2H3,(H,26,27). The summed E-state index contributed by atoms with van der Waals surface area (Å²) in [6, 6.07) is 8.95. The van der Waals surface area contributed by atoms with Gasteiger partial charge in [0.05, 0.1) is 12.7 Å². The van der Waals surface area contributed by atoms with Crippen molar-refractivity contribution in [3.05, 3.63) is 58.7 Å². The molecule has 1 heterocycles. The molecule has 0 spiro atoms. The zero-order valence-corrected chi connectivity index (χ0v) is 16.2. The minimum absolute atomic E-state index is 0.0927. The summed E-state index contributed by atoms with van der Waals surface area (Å²) < 4.78 is 49.6. The lowest BCUT2D eigenvalue weighted by Gasteiger charge is -2.27. The minimum Gasteiger partial charge on any atom is -0.496 e. The van der Waals surface area contributed by atoms with Crippen LogP contribution < -0.4 is 15.4 Å². The summed E-state index contributed by atoms with van der Waals surface area (Å²) in [5.74, 6) is -0.940. The lowest BCUT2D eigenvalue weighted by Crippen LogP contribution is -2.30. The van der Waals surface area contributed by atoms with Gasteiger partial charge >= 0.3 is 6.18 Å². The van der Waals surface area contributed by atoms with Crippen molar-refractivity contribution >= 4 is 11.6 Å². The molecule has 1 amide bonds. The first-order valence-corrected chi connectivity index (χ1v) is 9.25. The number of hydrogen-bond acceptors (Lipinski definition) is 4. The maximum absolute atomic E-state index is 13.2. The molecule has 0 aromatic heterocycles. The second-order valence-corrected chi connectivity index (χ2v) is 6.82. The van der Waals surface area contributed by atoms with Gasteiger partial charge in [0.25, 0.3) is 5.91 Å². The van der Waals surface area contributed by atoms with E-state index in [1.54, 1.807) is 13.2 Å². The number of carbonyl (C=O) groups excluding carboxylic acids is 1. The molecular weight excluding hydrogens is 385 g/mol. The normalized spacial score (nSPS) is 16.2. The maximum atomic E-state index is 13.2. The number of anilines is 1. The van der Waals surface area contributed by atoms with Gasteiger partial charge in [-0.2, -0.15) is 13.2 Å². The highest BCUT2D eigenvalue weighted by atomic mass is 19.4. The van der Waals surface area contributed by atoms with Crippen molar-refractivity contribution in [2.75, 3.05) is 32.7 Å². The van der Waals surface area contributed by atoms with Gasteiger partial charge in [-0.25, -0.2) is 0 Å². The van der Waals surface area contributed by atoms with E-state index >= 15 is 0 Å². The molecule has 1 atom stereocenters. The van der Waals surface area contributed by atoms with Gasteiger partial charge in [0.15, 0.2) is 0 Å². The molecule has 0 bridgehead atoms. The summed E-state index contributed by atoms with van der Waals surface area (Å²) in [6.07, 6.45) is -2.96. The Labute approximate surface area is 167 Å².